The van der Waals surface area contributed by atoms with E-state index in [2.05, 4.69) is 29.9 Å². The van der Waals surface area contributed by atoms with Crippen molar-refractivity contribution < 1.29 is 0 Å². The smallest absolute Gasteiger partial charge is 0.155 e. The van der Waals surface area contributed by atoms with Crippen molar-refractivity contribution in [3.63, 3.8) is 0 Å². The van der Waals surface area contributed by atoms with Gasteiger partial charge in [-0.2, -0.15) is 5.26 Å². The quantitative estimate of drug-likeness (QED) is 0.396. The van der Waals surface area contributed by atoms with Crippen molar-refractivity contribution in [3.05, 3.63) is 78.2 Å². The maximum Gasteiger partial charge on any atom is 0.155 e. The number of fused-ring (bicyclic) bond motifs is 1. The minimum Gasteiger partial charge on any atom is -0.357 e. The fraction of sp³-hybridized carbons (Fsp3) is 0.167. The molecule has 0 atom stereocenters. The topological polar surface area (TPSA) is 81.1 Å². The van der Waals surface area contributed by atoms with Crippen LogP contribution in [0.1, 0.15) is 25.0 Å². The van der Waals surface area contributed by atoms with Crippen molar-refractivity contribution in [1.29, 1.82) is 10.7 Å². The van der Waals surface area contributed by atoms with Crippen molar-refractivity contribution >= 4 is 11.5 Å². The highest BCUT2D eigenvalue weighted by atomic mass is 15.2. The summed E-state index contributed by atoms with van der Waals surface area (Å²) in [6, 6.07) is 17.5. The molecule has 148 valence electrons. The predicted molar refractivity (Wildman–Crippen MR) is 118 cm³/mol. The number of nitrogens with zero attached hydrogens (tertiary/aromatic N) is 5. The van der Waals surface area contributed by atoms with Crippen LogP contribution < -0.4 is 0 Å². The molecule has 4 rings (SSSR count). The molecule has 1 N–H and O–H groups in total. The molecular weight excluding hydrogens is 372 g/mol. The Kier molecular flexibility index (Phi) is 5.27. The molecule has 6 nitrogen and oxygen atoms in total. The Morgan fingerprint density at radius 2 is 1.63 bits per heavy atom. The van der Waals surface area contributed by atoms with Crippen LogP contribution in [0, 0.1) is 16.7 Å². The summed E-state index contributed by atoms with van der Waals surface area (Å²) in [4.78, 5) is 11.0. The highest BCUT2D eigenvalue weighted by Gasteiger charge is 2.11. The second-order valence-corrected chi connectivity index (χ2v) is 6.93. The molecular formula is C24H22N6. The summed E-state index contributed by atoms with van der Waals surface area (Å²) in [5.41, 5.74) is 6.02. The van der Waals surface area contributed by atoms with E-state index in [1.807, 2.05) is 58.1 Å². The van der Waals surface area contributed by atoms with Crippen LogP contribution in [0.25, 0.3) is 28.2 Å². The molecule has 0 saturated heterocycles. The maximum absolute atomic E-state index is 9.01. The predicted octanol–water partition coefficient (Wildman–Crippen LogP) is 4.60. The van der Waals surface area contributed by atoms with Crippen LogP contribution >= 0.6 is 0 Å². The minimum absolute atomic E-state index is 0.535. The van der Waals surface area contributed by atoms with Gasteiger partial charge in [-0.15, -0.1) is 0 Å². The molecule has 0 aliphatic carbocycles. The summed E-state index contributed by atoms with van der Waals surface area (Å²) in [5.74, 6) is 0.535. The number of hydrogen-bond donors (Lipinski definition) is 1. The second kappa shape index (κ2) is 8.18. The molecule has 4 aromatic rings. The molecule has 0 saturated carbocycles. The summed E-state index contributed by atoms with van der Waals surface area (Å²) in [5, 5.41) is 17.4. The number of benzene rings is 2. The summed E-state index contributed by atoms with van der Waals surface area (Å²) in [6.45, 7) is 5.74. The summed E-state index contributed by atoms with van der Waals surface area (Å²) in [6.07, 6.45) is 5.55. The lowest BCUT2D eigenvalue weighted by molar-refractivity contribution is 0.463. The zero-order valence-corrected chi connectivity index (χ0v) is 17.0. The van der Waals surface area contributed by atoms with Gasteiger partial charge in [-0.3, -0.25) is 14.8 Å². The average molecular weight is 394 g/mol. The molecule has 0 aliphatic heterocycles. The van der Waals surface area contributed by atoms with Gasteiger partial charge in [0.2, 0.25) is 0 Å². The zero-order valence-electron chi connectivity index (χ0n) is 17.0. The SMILES string of the molecule is CCN(CC)C(=N)c1ccc(-c2cn3c(-c4ccc(C#N)cc4)cnc3cn2)cc1. The first-order valence-corrected chi connectivity index (χ1v) is 9.92. The minimum atomic E-state index is 0.535. The van der Waals surface area contributed by atoms with Gasteiger partial charge in [0.25, 0.3) is 0 Å². The van der Waals surface area contributed by atoms with E-state index in [0.717, 1.165) is 46.8 Å². The number of hydrogen-bond acceptors (Lipinski definition) is 4. The molecule has 2 heterocycles. The highest BCUT2D eigenvalue weighted by Crippen LogP contribution is 2.24. The lowest BCUT2D eigenvalue weighted by atomic mass is 10.1. The van der Waals surface area contributed by atoms with Crippen molar-refractivity contribution in [3.8, 4) is 28.6 Å². The largest absolute Gasteiger partial charge is 0.357 e. The Hall–Kier alpha value is -3.98. The number of nitrogens with one attached hydrogen (secondary N) is 1. The van der Waals surface area contributed by atoms with Crippen LogP contribution in [0.5, 0.6) is 0 Å². The monoisotopic (exact) mass is 394 g/mol. The number of nitriles is 1. The second-order valence-electron chi connectivity index (χ2n) is 6.93. The number of rotatable bonds is 5. The van der Waals surface area contributed by atoms with Crippen LogP contribution in [0.2, 0.25) is 0 Å². The van der Waals surface area contributed by atoms with Gasteiger partial charge in [0.1, 0.15) is 5.84 Å². The van der Waals surface area contributed by atoms with E-state index in [4.69, 9.17) is 10.7 Å². The molecule has 0 bridgehead atoms. The van der Waals surface area contributed by atoms with Crippen LogP contribution in [0.4, 0.5) is 0 Å². The number of aromatic nitrogens is 3. The Morgan fingerprint density at radius 3 is 2.27 bits per heavy atom. The molecule has 0 radical (unpaired) electrons. The lowest BCUT2D eigenvalue weighted by Crippen LogP contribution is -2.30. The van der Waals surface area contributed by atoms with Crippen molar-refractivity contribution in [2.24, 2.45) is 0 Å². The molecule has 0 aliphatic rings. The third-order valence-electron chi connectivity index (χ3n) is 5.24. The first-order valence-electron chi connectivity index (χ1n) is 9.92. The van der Waals surface area contributed by atoms with Gasteiger partial charge in [-0.1, -0.05) is 36.4 Å². The first-order chi connectivity index (χ1) is 14.6. The van der Waals surface area contributed by atoms with Crippen LogP contribution in [-0.4, -0.2) is 38.2 Å². The first kappa shape index (κ1) is 19.3. The summed E-state index contributed by atoms with van der Waals surface area (Å²) < 4.78 is 2.01. The van der Waals surface area contributed by atoms with Gasteiger partial charge in [-0.05, 0) is 26.0 Å². The fourth-order valence-electron chi connectivity index (χ4n) is 3.49. The van der Waals surface area contributed by atoms with Crippen LogP contribution in [0.15, 0.2) is 67.1 Å². The molecule has 0 fully saturated rings. The van der Waals surface area contributed by atoms with Gasteiger partial charge in [0.15, 0.2) is 5.65 Å². The molecule has 30 heavy (non-hydrogen) atoms. The Morgan fingerprint density at radius 1 is 0.967 bits per heavy atom. The third-order valence-corrected chi connectivity index (χ3v) is 5.24. The standard InChI is InChI=1S/C24H22N6/c1-3-29(4-2)24(26)20-11-9-18(10-12-20)21-16-30-22(14-28-23(30)15-27-21)19-7-5-17(13-25)6-8-19/h5-12,14-16,26H,3-4H2,1-2H3. The van der Waals surface area contributed by atoms with Crippen molar-refractivity contribution in [2.75, 3.05) is 13.1 Å². The van der Waals surface area contributed by atoms with Gasteiger partial charge >= 0.3 is 0 Å². The molecule has 2 aromatic carbocycles. The Labute approximate surface area is 175 Å². The van der Waals surface area contributed by atoms with E-state index in [-0.39, 0.29) is 0 Å². The van der Waals surface area contributed by atoms with E-state index >= 15 is 0 Å². The molecule has 0 spiro atoms. The van der Waals surface area contributed by atoms with Crippen molar-refractivity contribution in [1.82, 2.24) is 19.3 Å². The molecule has 0 unspecified atom stereocenters. The number of imidazole rings is 1. The highest BCUT2D eigenvalue weighted by molar-refractivity contribution is 5.96. The van der Waals surface area contributed by atoms with E-state index in [1.54, 1.807) is 18.3 Å². The zero-order chi connectivity index (χ0) is 21.1. The normalized spacial score (nSPS) is 10.7. The van der Waals surface area contributed by atoms with Crippen molar-refractivity contribution in [2.45, 2.75) is 13.8 Å². The van der Waals surface area contributed by atoms with E-state index in [0.29, 0.717) is 11.4 Å². The molecule has 0 amide bonds. The number of amidine groups is 1. The third kappa shape index (κ3) is 3.53. The lowest BCUT2D eigenvalue weighted by Gasteiger charge is -2.21. The Balaban J connectivity index is 1.68. The van der Waals surface area contributed by atoms with Crippen LogP contribution in [-0.2, 0) is 0 Å². The fourth-order valence-corrected chi connectivity index (χ4v) is 3.49. The summed E-state index contributed by atoms with van der Waals surface area (Å²) in [7, 11) is 0. The van der Waals surface area contributed by atoms with Gasteiger partial charge in [0.05, 0.1) is 35.4 Å². The van der Waals surface area contributed by atoms with E-state index in [1.165, 1.54) is 0 Å². The van der Waals surface area contributed by atoms with Gasteiger partial charge < -0.3 is 4.90 Å². The molecule has 6 heteroatoms. The average Bonchev–Trinajstić information content (AvgIpc) is 3.23. The van der Waals surface area contributed by atoms with Gasteiger partial charge in [-0.25, -0.2) is 4.98 Å². The summed E-state index contributed by atoms with van der Waals surface area (Å²) >= 11 is 0. The maximum atomic E-state index is 9.01. The Bertz CT molecular complexity index is 1230. The van der Waals surface area contributed by atoms with Crippen LogP contribution in [0.3, 0.4) is 0 Å². The molecule has 2 aromatic heterocycles. The van der Waals surface area contributed by atoms with E-state index < -0.39 is 0 Å². The van der Waals surface area contributed by atoms with E-state index in [9.17, 15) is 0 Å². The van der Waals surface area contributed by atoms with Gasteiger partial charge in [0, 0.05) is 36.0 Å².